The van der Waals surface area contributed by atoms with Gasteiger partial charge < -0.3 is 9.84 Å². The molecule has 0 bridgehead atoms. The Balaban J connectivity index is 1.44. The number of aromatic nitrogens is 2. The number of carbonyl (C=O) groups excluding carboxylic acids is 1. The van der Waals surface area contributed by atoms with Gasteiger partial charge in [-0.3, -0.25) is 9.10 Å². The maximum absolute atomic E-state index is 12.7. The van der Waals surface area contributed by atoms with Crippen molar-refractivity contribution >= 4 is 27.3 Å². The van der Waals surface area contributed by atoms with Crippen LogP contribution in [-0.4, -0.2) is 37.3 Å². The molecule has 0 radical (unpaired) electrons. The molecule has 0 unspecified atom stereocenters. The number of anilines is 2. The summed E-state index contributed by atoms with van der Waals surface area (Å²) in [6, 6.07) is 12.6. The molecule has 32 heavy (non-hydrogen) atoms. The minimum absolute atomic E-state index is 0.187. The maximum Gasteiger partial charge on any atom is 0.255 e. The predicted octanol–water partition coefficient (Wildman–Crippen LogP) is 3.75. The van der Waals surface area contributed by atoms with Gasteiger partial charge in [0.2, 0.25) is 15.9 Å². The van der Waals surface area contributed by atoms with Crippen LogP contribution >= 0.6 is 0 Å². The molecule has 2 aromatic carbocycles. The molecule has 2 heterocycles. The minimum atomic E-state index is -3.33. The van der Waals surface area contributed by atoms with Gasteiger partial charge >= 0.3 is 0 Å². The van der Waals surface area contributed by atoms with Gasteiger partial charge in [-0.05, 0) is 54.3 Å². The zero-order valence-corrected chi connectivity index (χ0v) is 19.1. The third-order valence-corrected chi connectivity index (χ3v) is 6.55. The minimum Gasteiger partial charge on any atom is -0.339 e. The molecule has 0 saturated heterocycles. The van der Waals surface area contributed by atoms with Gasteiger partial charge in [0.25, 0.3) is 5.91 Å². The highest BCUT2D eigenvalue weighted by Gasteiger charge is 2.24. The van der Waals surface area contributed by atoms with Crippen molar-refractivity contribution in [3.63, 3.8) is 0 Å². The monoisotopic (exact) mass is 454 g/mol. The molecule has 1 aromatic heterocycles. The van der Waals surface area contributed by atoms with Crippen LogP contribution in [0.15, 0.2) is 47.0 Å². The van der Waals surface area contributed by atoms with Crippen LogP contribution < -0.4 is 9.62 Å². The van der Waals surface area contributed by atoms with Crippen molar-refractivity contribution in [3.8, 4) is 0 Å². The fraction of sp³-hybridized carbons (Fsp3) is 0.348. The summed E-state index contributed by atoms with van der Waals surface area (Å²) >= 11 is 0. The Morgan fingerprint density at radius 1 is 1.19 bits per heavy atom. The molecule has 0 aliphatic carbocycles. The van der Waals surface area contributed by atoms with Crippen molar-refractivity contribution in [1.82, 2.24) is 10.1 Å². The van der Waals surface area contributed by atoms with Crippen LogP contribution in [0.3, 0.4) is 0 Å². The number of amides is 1. The van der Waals surface area contributed by atoms with Gasteiger partial charge in [-0.15, -0.1) is 0 Å². The SMILES string of the molecule is CC(C)c1nc(Cc2ccc(NC(=O)c3ccc4c(c3)CCCN4S(C)(=O)=O)cc2)no1. The molecule has 1 aliphatic rings. The summed E-state index contributed by atoms with van der Waals surface area (Å²) in [7, 11) is -3.33. The lowest BCUT2D eigenvalue weighted by Crippen LogP contribution is -2.34. The molecule has 1 N–H and O–H groups in total. The molecule has 3 aromatic rings. The van der Waals surface area contributed by atoms with E-state index >= 15 is 0 Å². The molecule has 0 saturated carbocycles. The first-order chi connectivity index (χ1) is 15.2. The average molecular weight is 455 g/mol. The van der Waals surface area contributed by atoms with E-state index in [1.807, 2.05) is 38.1 Å². The zero-order chi connectivity index (χ0) is 22.9. The topological polar surface area (TPSA) is 105 Å². The van der Waals surface area contributed by atoms with Gasteiger partial charge in [-0.1, -0.05) is 31.1 Å². The molecule has 1 aliphatic heterocycles. The van der Waals surface area contributed by atoms with Crippen LogP contribution in [0, 0.1) is 0 Å². The highest BCUT2D eigenvalue weighted by molar-refractivity contribution is 7.92. The number of fused-ring (bicyclic) bond motifs is 1. The fourth-order valence-corrected chi connectivity index (χ4v) is 4.71. The van der Waals surface area contributed by atoms with Crippen molar-refractivity contribution in [3.05, 3.63) is 70.9 Å². The number of nitrogens with one attached hydrogen (secondary N) is 1. The summed E-state index contributed by atoms with van der Waals surface area (Å²) in [5, 5.41) is 6.90. The second-order valence-electron chi connectivity index (χ2n) is 8.31. The Kier molecular flexibility index (Phi) is 6.01. The van der Waals surface area contributed by atoms with E-state index < -0.39 is 10.0 Å². The molecule has 0 spiro atoms. The van der Waals surface area contributed by atoms with Gasteiger partial charge in [-0.25, -0.2) is 8.42 Å². The van der Waals surface area contributed by atoms with Crippen LogP contribution in [0.2, 0.25) is 0 Å². The Labute approximate surface area is 187 Å². The van der Waals surface area contributed by atoms with E-state index in [2.05, 4.69) is 15.5 Å². The van der Waals surface area contributed by atoms with E-state index in [9.17, 15) is 13.2 Å². The quantitative estimate of drug-likeness (QED) is 0.608. The molecule has 1 amide bonds. The van der Waals surface area contributed by atoms with Crippen molar-refractivity contribution in [2.24, 2.45) is 0 Å². The van der Waals surface area contributed by atoms with E-state index in [1.54, 1.807) is 18.2 Å². The Hall–Kier alpha value is -3.20. The smallest absolute Gasteiger partial charge is 0.255 e. The normalized spacial score (nSPS) is 13.8. The summed E-state index contributed by atoms with van der Waals surface area (Å²) in [5.74, 6) is 1.19. The maximum atomic E-state index is 12.7. The zero-order valence-electron chi connectivity index (χ0n) is 18.3. The standard InChI is InChI=1S/C23H26N4O4S/c1-15(2)23-25-21(26-31-23)13-16-6-9-19(10-7-16)24-22(28)18-8-11-20-17(14-18)5-4-12-27(20)32(3,29)30/h6-11,14-15H,4-5,12-13H2,1-3H3,(H,24,28). The number of hydrogen-bond acceptors (Lipinski definition) is 6. The van der Waals surface area contributed by atoms with Crippen molar-refractivity contribution in [2.45, 2.75) is 39.0 Å². The number of benzene rings is 2. The van der Waals surface area contributed by atoms with Crippen LogP contribution in [-0.2, 0) is 22.9 Å². The number of nitrogens with zero attached hydrogens (tertiary/aromatic N) is 3. The third kappa shape index (κ3) is 4.83. The van der Waals surface area contributed by atoms with E-state index in [-0.39, 0.29) is 11.8 Å². The van der Waals surface area contributed by atoms with Gasteiger partial charge in [0.1, 0.15) is 0 Å². The molecule has 0 atom stereocenters. The van der Waals surface area contributed by atoms with E-state index in [0.717, 1.165) is 24.0 Å². The number of sulfonamides is 1. The summed E-state index contributed by atoms with van der Waals surface area (Å²) in [6.45, 7) is 4.46. The predicted molar refractivity (Wildman–Crippen MR) is 123 cm³/mol. The van der Waals surface area contributed by atoms with Gasteiger partial charge in [0, 0.05) is 30.1 Å². The van der Waals surface area contributed by atoms with Crippen LogP contribution in [0.5, 0.6) is 0 Å². The Morgan fingerprint density at radius 3 is 2.59 bits per heavy atom. The lowest BCUT2D eigenvalue weighted by molar-refractivity contribution is 0.102. The van der Waals surface area contributed by atoms with Gasteiger partial charge in [0.15, 0.2) is 5.82 Å². The van der Waals surface area contributed by atoms with Crippen molar-refractivity contribution in [1.29, 1.82) is 0 Å². The molecule has 8 nitrogen and oxygen atoms in total. The molecule has 168 valence electrons. The van der Waals surface area contributed by atoms with Gasteiger partial charge in [0.05, 0.1) is 11.9 Å². The number of aryl methyl sites for hydroxylation is 1. The van der Waals surface area contributed by atoms with Gasteiger partial charge in [-0.2, -0.15) is 4.98 Å². The lowest BCUT2D eigenvalue weighted by Gasteiger charge is -2.29. The Morgan fingerprint density at radius 2 is 1.94 bits per heavy atom. The molecular weight excluding hydrogens is 428 g/mol. The third-order valence-electron chi connectivity index (χ3n) is 5.37. The summed E-state index contributed by atoms with van der Waals surface area (Å²) in [4.78, 5) is 17.1. The second-order valence-corrected chi connectivity index (χ2v) is 10.2. The van der Waals surface area contributed by atoms with E-state index in [1.165, 1.54) is 10.6 Å². The summed E-state index contributed by atoms with van der Waals surface area (Å²) < 4.78 is 30.7. The largest absolute Gasteiger partial charge is 0.339 e. The summed E-state index contributed by atoms with van der Waals surface area (Å²) in [6.07, 6.45) is 3.22. The lowest BCUT2D eigenvalue weighted by atomic mass is 10.0. The molecule has 9 heteroatoms. The Bertz CT molecular complexity index is 1230. The number of carbonyl (C=O) groups is 1. The first-order valence-corrected chi connectivity index (χ1v) is 12.4. The van der Waals surface area contributed by atoms with Crippen molar-refractivity contribution in [2.75, 3.05) is 22.4 Å². The van der Waals surface area contributed by atoms with Crippen molar-refractivity contribution < 1.29 is 17.7 Å². The molecule has 0 fully saturated rings. The fourth-order valence-electron chi connectivity index (χ4n) is 3.71. The highest BCUT2D eigenvalue weighted by atomic mass is 32.2. The average Bonchev–Trinajstić information content (AvgIpc) is 3.22. The number of rotatable bonds is 6. The van der Waals surface area contributed by atoms with Crippen LogP contribution in [0.4, 0.5) is 11.4 Å². The second kappa shape index (κ2) is 8.74. The van der Waals surface area contributed by atoms with Crippen LogP contribution in [0.1, 0.15) is 59.4 Å². The molecular formula is C23H26N4O4S. The van der Waals surface area contributed by atoms with Crippen LogP contribution in [0.25, 0.3) is 0 Å². The summed E-state index contributed by atoms with van der Waals surface area (Å²) in [5.41, 5.74) is 3.70. The van der Waals surface area contributed by atoms with E-state index in [0.29, 0.717) is 41.6 Å². The first kappa shape index (κ1) is 22.0. The first-order valence-electron chi connectivity index (χ1n) is 10.5. The molecule has 4 rings (SSSR count). The highest BCUT2D eigenvalue weighted by Crippen LogP contribution is 2.30. The number of hydrogen-bond donors (Lipinski definition) is 1. The van der Waals surface area contributed by atoms with E-state index in [4.69, 9.17) is 4.52 Å².